The Kier molecular flexibility index (Phi) is 6.30. The van der Waals surface area contributed by atoms with Gasteiger partial charge in [-0.1, -0.05) is 41.4 Å². The molecule has 4 aromatic rings. The van der Waals surface area contributed by atoms with Crippen LogP contribution in [-0.2, 0) is 0 Å². The molecular formula is C25H18Cl2N2O3. The van der Waals surface area contributed by atoms with E-state index in [0.717, 1.165) is 5.56 Å². The van der Waals surface area contributed by atoms with Crippen LogP contribution in [0.5, 0.6) is 0 Å². The summed E-state index contributed by atoms with van der Waals surface area (Å²) in [6.45, 7) is 1.85. The maximum atomic E-state index is 12.6. The van der Waals surface area contributed by atoms with Gasteiger partial charge in [-0.05, 0) is 73.2 Å². The summed E-state index contributed by atoms with van der Waals surface area (Å²) < 4.78 is 5.68. The lowest BCUT2D eigenvalue weighted by atomic mass is 10.1. The highest BCUT2D eigenvalue weighted by Crippen LogP contribution is 2.31. The highest BCUT2D eigenvalue weighted by molar-refractivity contribution is 6.36. The summed E-state index contributed by atoms with van der Waals surface area (Å²) in [4.78, 5) is 25.0. The van der Waals surface area contributed by atoms with E-state index in [-0.39, 0.29) is 11.7 Å². The fourth-order valence-corrected chi connectivity index (χ4v) is 3.65. The van der Waals surface area contributed by atoms with Crippen LogP contribution in [0.3, 0.4) is 0 Å². The molecule has 0 radical (unpaired) electrons. The van der Waals surface area contributed by atoms with Crippen LogP contribution in [0, 0.1) is 6.92 Å². The van der Waals surface area contributed by atoms with Crippen LogP contribution in [0.2, 0.25) is 10.0 Å². The molecule has 2 amide bonds. The SMILES string of the molecule is Cc1cc(NC(=O)c2ccc(-c3ccc(Cl)cc3Cl)o2)ccc1NC(=O)c1ccccc1. The predicted octanol–water partition coefficient (Wildman–Crippen LogP) is 7.07. The average Bonchev–Trinajstić information content (AvgIpc) is 3.26. The van der Waals surface area contributed by atoms with Crippen LogP contribution in [-0.4, -0.2) is 11.8 Å². The van der Waals surface area contributed by atoms with Gasteiger partial charge in [0.15, 0.2) is 5.76 Å². The second-order valence-electron chi connectivity index (χ2n) is 7.09. The second-order valence-corrected chi connectivity index (χ2v) is 7.94. The van der Waals surface area contributed by atoms with Crippen molar-refractivity contribution in [2.75, 3.05) is 10.6 Å². The molecule has 0 aliphatic carbocycles. The summed E-state index contributed by atoms with van der Waals surface area (Å²) in [5, 5.41) is 6.63. The van der Waals surface area contributed by atoms with Crippen molar-refractivity contribution in [3.8, 4) is 11.3 Å². The number of halogens is 2. The van der Waals surface area contributed by atoms with Gasteiger partial charge in [-0.15, -0.1) is 0 Å². The monoisotopic (exact) mass is 464 g/mol. The number of hydrogen-bond acceptors (Lipinski definition) is 3. The summed E-state index contributed by atoms with van der Waals surface area (Å²) >= 11 is 12.1. The third-order valence-corrected chi connectivity index (χ3v) is 5.34. The Morgan fingerprint density at radius 1 is 0.812 bits per heavy atom. The molecule has 0 atom stereocenters. The van der Waals surface area contributed by atoms with Gasteiger partial charge >= 0.3 is 0 Å². The minimum absolute atomic E-state index is 0.144. The molecule has 0 fully saturated rings. The third-order valence-electron chi connectivity index (χ3n) is 4.79. The number of carbonyl (C=O) groups is 2. The molecule has 0 bridgehead atoms. The molecule has 5 nitrogen and oxygen atoms in total. The Hall–Kier alpha value is -3.54. The molecule has 0 aliphatic heterocycles. The summed E-state index contributed by atoms with van der Waals surface area (Å²) in [5.41, 5.74) is 3.26. The fourth-order valence-electron chi connectivity index (χ4n) is 3.15. The smallest absolute Gasteiger partial charge is 0.291 e. The average molecular weight is 465 g/mol. The van der Waals surface area contributed by atoms with Crippen molar-refractivity contribution in [2.24, 2.45) is 0 Å². The molecule has 0 saturated heterocycles. The van der Waals surface area contributed by atoms with Crippen molar-refractivity contribution >= 4 is 46.4 Å². The van der Waals surface area contributed by atoms with Crippen LogP contribution in [0.4, 0.5) is 11.4 Å². The number of aryl methyl sites for hydroxylation is 1. The number of furan rings is 1. The molecular weight excluding hydrogens is 447 g/mol. The first-order chi connectivity index (χ1) is 15.4. The van der Waals surface area contributed by atoms with Crippen LogP contribution >= 0.6 is 23.2 Å². The van der Waals surface area contributed by atoms with Gasteiger partial charge in [-0.2, -0.15) is 0 Å². The van der Waals surface area contributed by atoms with Crippen LogP contribution in [0.1, 0.15) is 26.5 Å². The molecule has 0 saturated carbocycles. The topological polar surface area (TPSA) is 71.3 Å². The zero-order valence-corrected chi connectivity index (χ0v) is 18.5. The Labute approximate surface area is 195 Å². The molecule has 160 valence electrons. The molecule has 2 N–H and O–H groups in total. The molecule has 3 aromatic carbocycles. The first-order valence-electron chi connectivity index (χ1n) is 9.74. The summed E-state index contributed by atoms with van der Waals surface area (Å²) in [5.74, 6) is 0.00774. The third kappa shape index (κ3) is 4.85. The van der Waals surface area contributed by atoms with E-state index in [2.05, 4.69) is 10.6 Å². The zero-order chi connectivity index (χ0) is 22.7. The number of rotatable bonds is 5. The molecule has 1 heterocycles. The highest BCUT2D eigenvalue weighted by Gasteiger charge is 2.15. The number of benzene rings is 3. The van der Waals surface area contributed by atoms with E-state index < -0.39 is 5.91 Å². The van der Waals surface area contributed by atoms with Gasteiger partial charge in [0.25, 0.3) is 11.8 Å². The normalized spacial score (nSPS) is 10.6. The van der Waals surface area contributed by atoms with Gasteiger partial charge < -0.3 is 15.1 Å². The summed E-state index contributed by atoms with van der Waals surface area (Å²) in [7, 11) is 0. The quantitative estimate of drug-likeness (QED) is 0.331. The maximum absolute atomic E-state index is 12.6. The van der Waals surface area contributed by atoms with Crippen molar-refractivity contribution in [3.63, 3.8) is 0 Å². The standard InChI is InChI=1S/C25H18Cl2N2O3/c1-15-13-18(8-10-21(15)29-24(30)16-5-3-2-4-6-16)28-25(31)23-12-11-22(32-23)19-9-7-17(26)14-20(19)27/h2-14H,1H3,(H,28,31)(H,29,30). The van der Waals surface area contributed by atoms with Gasteiger partial charge in [-0.3, -0.25) is 9.59 Å². The molecule has 0 aliphatic rings. The largest absolute Gasteiger partial charge is 0.451 e. The lowest BCUT2D eigenvalue weighted by Gasteiger charge is -2.11. The van der Waals surface area contributed by atoms with Crippen LogP contribution < -0.4 is 10.6 Å². The predicted molar refractivity (Wildman–Crippen MR) is 128 cm³/mol. The molecule has 0 unspecified atom stereocenters. The number of nitrogens with one attached hydrogen (secondary N) is 2. The van der Waals surface area contributed by atoms with E-state index in [4.69, 9.17) is 27.6 Å². The van der Waals surface area contributed by atoms with Crippen LogP contribution in [0.15, 0.2) is 83.3 Å². The van der Waals surface area contributed by atoms with Crippen molar-refractivity contribution < 1.29 is 14.0 Å². The minimum atomic E-state index is -0.401. The number of carbonyl (C=O) groups excluding carboxylic acids is 2. The number of amides is 2. The van der Waals surface area contributed by atoms with Gasteiger partial charge in [0.2, 0.25) is 0 Å². The Morgan fingerprint density at radius 3 is 2.31 bits per heavy atom. The minimum Gasteiger partial charge on any atom is -0.451 e. The molecule has 1 aromatic heterocycles. The first kappa shape index (κ1) is 21.7. The molecule has 0 spiro atoms. The molecule has 32 heavy (non-hydrogen) atoms. The Morgan fingerprint density at radius 2 is 1.59 bits per heavy atom. The van der Waals surface area contributed by atoms with Gasteiger partial charge in [0.05, 0.1) is 5.02 Å². The van der Waals surface area contributed by atoms with E-state index in [0.29, 0.717) is 38.3 Å². The summed E-state index contributed by atoms with van der Waals surface area (Å²) in [6, 6.07) is 22.5. The fraction of sp³-hybridized carbons (Fsp3) is 0.0400. The first-order valence-corrected chi connectivity index (χ1v) is 10.5. The molecule has 7 heteroatoms. The maximum Gasteiger partial charge on any atom is 0.291 e. The Bertz CT molecular complexity index is 1300. The van der Waals surface area contributed by atoms with E-state index in [1.165, 1.54) is 0 Å². The van der Waals surface area contributed by atoms with Crippen molar-refractivity contribution in [3.05, 3.63) is 106 Å². The zero-order valence-electron chi connectivity index (χ0n) is 17.0. The lowest BCUT2D eigenvalue weighted by molar-refractivity contribution is 0.0995. The summed E-state index contributed by atoms with van der Waals surface area (Å²) in [6.07, 6.45) is 0. The van der Waals surface area contributed by atoms with E-state index in [1.54, 1.807) is 72.8 Å². The van der Waals surface area contributed by atoms with Crippen molar-refractivity contribution in [1.29, 1.82) is 0 Å². The van der Waals surface area contributed by atoms with E-state index in [1.807, 2.05) is 13.0 Å². The van der Waals surface area contributed by atoms with Gasteiger partial charge in [-0.25, -0.2) is 0 Å². The second kappa shape index (κ2) is 9.30. The highest BCUT2D eigenvalue weighted by atomic mass is 35.5. The van der Waals surface area contributed by atoms with Crippen LogP contribution in [0.25, 0.3) is 11.3 Å². The van der Waals surface area contributed by atoms with Gasteiger partial charge in [0, 0.05) is 27.5 Å². The van der Waals surface area contributed by atoms with E-state index >= 15 is 0 Å². The van der Waals surface area contributed by atoms with Crippen molar-refractivity contribution in [1.82, 2.24) is 0 Å². The van der Waals surface area contributed by atoms with E-state index in [9.17, 15) is 9.59 Å². The molecule has 4 rings (SSSR count). The van der Waals surface area contributed by atoms with Gasteiger partial charge in [0.1, 0.15) is 5.76 Å². The Balaban J connectivity index is 1.45. The number of anilines is 2. The number of hydrogen-bond donors (Lipinski definition) is 2. The van der Waals surface area contributed by atoms with Crippen molar-refractivity contribution in [2.45, 2.75) is 6.92 Å². The lowest BCUT2D eigenvalue weighted by Crippen LogP contribution is -2.14.